The van der Waals surface area contributed by atoms with E-state index < -0.39 is 5.97 Å². The maximum absolute atomic E-state index is 11.9. The highest BCUT2D eigenvalue weighted by Gasteiger charge is 2.09. The lowest BCUT2D eigenvalue weighted by Gasteiger charge is -2.04. The van der Waals surface area contributed by atoms with Gasteiger partial charge in [-0.2, -0.15) is 0 Å². The maximum Gasteiger partial charge on any atom is 0.325 e. The van der Waals surface area contributed by atoms with E-state index in [-0.39, 0.29) is 19.0 Å². The lowest BCUT2D eigenvalue weighted by Crippen LogP contribution is -2.23. The van der Waals surface area contributed by atoms with Gasteiger partial charge in [0.1, 0.15) is 12.2 Å². The van der Waals surface area contributed by atoms with Crippen molar-refractivity contribution < 1.29 is 14.7 Å². The predicted molar refractivity (Wildman–Crippen MR) is 74.7 cm³/mol. The van der Waals surface area contributed by atoms with Crippen molar-refractivity contribution in [2.75, 3.05) is 5.73 Å². The Kier molecular flexibility index (Phi) is 4.39. The van der Waals surface area contributed by atoms with Crippen molar-refractivity contribution in [1.29, 1.82) is 0 Å². The number of nitrogens with one attached hydrogen (secondary N) is 1. The molecule has 110 valence electrons. The van der Waals surface area contributed by atoms with Crippen LogP contribution in [0.15, 0.2) is 24.4 Å². The lowest BCUT2D eigenvalue weighted by atomic mass is 10.2. The summed E-state index contributed by atoms with van der Waals surface area (Å²) in [6.45, 7) is -0.158. The first-order valence-electron chi connectivity index (χ1n) is 5.89. The smallest absolute Gasteiger partial charge is 0.325 e. The van der Waals surface area contributed by atoms with Crippen molar-refractivity contribution in [2.45, 2.75) is 13.1 Å². The minimum absolute atomic E-state index is 0.125. The van der Waals surface area contributed by atoms with Crippen LogP contribution >= 0.6 is 11.6 Å². The van der Waals surface area contributed by atoms with Gasteiger partial charge in [0, 0.05) is 5.56 Å². The van der Waals surface area contributed by atoms with E-state index in [4.69, 9.17) is 22.4 Å². The molecule has 0 aliphatic carbocycles. The first kappa shape index (κ1) is 14.8. The summed E-state index contributed by atoms with van der Waals surface area (Å²) >= 11 is 5.84. The molecule has 0 fully saturated rings. The van der Waals surface area contributed by atoms with Gasteiger partial charge in [-0.15, -0.1) is 5.10 Å². The van der Waals surface area contributed by atoms with E-state index in [0.717, 1.165) is 0 Å². The Morgan fingerprint density at radius 1 is 1.43 bits per heavy atom. The highest BCUT2D eigenvalue weighted by atomic mass is 35.5. The van der Waals surface area contributed by atoms with Crippen LogP contribution in [0.3, 0.4) is 0 Å². The molecule has 0 aliphatic heterocycles. The number of carbonyl (C=O) groups is 2. The van der Waals surface area contributed by atoms with E-state index in [0.29, 0.717) is 22.0 Å². The van der Waals surface area contributed by atoms with Gasteiger partial charge in [0.2, 0.25) is 0 Å². The van der Waals surface area contributed by atoms with Gasteiger partial charge in [0.05, 0.1) is 23.5 Å². The van der Waals surface area contributed by atoms with Crippen LogP contribution in [0.4, 0.5) is 5.69 Å². The third-order valence-electron chi connectivity index (χ3n) is 2.58. The second kappa shape index (κ2) is 6.23. The number of carboxylic acid groups (broad SMARTS) is 1. The van der Waals surface area contributed by atoms with Crippen molar-refractivity contribution in [3.8, 4) is 0 Å². The highest BCUT2D eigenvalue weighted by molar-refractivity contribution is 6.33. The monoisotopic (exact) mass is 309 g/mol. The van der Waals surface area contributed by atoms with E-state index in [1.165, 1.54) is 16.9 Å². The van der Waals surface area contributed by atoms with E-state index in [9.17, 15) is 9.59 Å². The number of carbonyl (C=O) groups excluding carboxylic acids is 1. The number of aromatic nitrogens is 3. The summed E-state index contributed by atoms with van der Waals surface area (Å²) in [7, 11) is 0. The summed E-state index contributed by atoms with van der Waals surface area (Å²) in [6.07, 6.45) is 1.45. The fraction of sp³-hybridized carbons (Fsp3) is 0.167. The van der Waals surface area contributed by atoms with Gasteiger partial charge >= 0.3 is 5.97 Å². The van der Waals surface area contributed by atoms with Crippen LogP contribution in [-0.4, -0.2) is 32.0 Å². The third kappa shape index (κ3) is 3.93. The van der Waals surface area contributed by atoms with Gasteiger partial charge in [-0.3, -0.25) is 9.59 Å². The summed E-state index contributed by atoms with van der Waals surface area (Å²) in [5, 5.41) is 18.9. The Balaban J connectivity index is 1.95. The molecule has 1 heterocycles. The Morgan fingerprint density at radius 3 is 2.86 bits per heavy atom. The summed E-state index contributed by atoms with van der Waals surface area (Å²) in [4.78, 5) is 22.4. The van der Waals surface area contributed by atoms with Gasteiger partial charge in [-0.1, -0.05) is 16.8 Å². The van der Waals surface area contributed by atoms with E-state index >= 15 is 0 Å². The summed E-state index contributed by atoms with van der Waals surface area (Å²) in [5.41, 5.74) is 6.77. The molecule has 0 atom stereocenters. The SMILES string of the molecule is Nc1ccc(C(=O)NCc2cn(CC(=O)O)nn2)cc1Cl. The maximum atomic E-state index is 11.9. The Labute approximate surface area is 124 Å². The van der Waals surface area contributed by atoms with Crippen molar-refractivity contribution in [3.05, 3.63) is 40.7 Å². The molecular formula is C12H12ClN5O3. The predicted octanol–water partition coefficient (Wildman–Crippen LogP) is 0.528. The van der Waals surface area contributed by atoms with Gasteiger partial charge in [-0.05, 0) is 18.2 Å². The molecule has 0 saturated heterocycles. The van der Waals surface area contributed by atoms with Crippen LogP contribution in [0.5, 0.6) is 0 Å². The average molecular weight is 310 g/mol. The molecule has 9 heteroatoms. The van der Waals surface area contributed by atoms with Crippen LogP contribution in [-0.2, 0) is 17.9 Å². The molecule has 2 aromatic rings. The average Bonchev–Trinajstić information content (AvgIpc) is 2.86. The molecule has 8 nitrogen and oxygen atoms in total. The number of nitrogens with two attached hydrogens (primary N) is 1. The number of halogens is 1. The number of benzene rings is 1. The number of carboxylic acids is 1. The standard InChI is InChI=1S/C12H12ClN5O3/c13-9-3-7(1-2-10(9)14)12(21)15-4-8-5-18(17-16-8)6-11(19)20/h1-3,5H,4,6,14H2,(H,15,21)(H,19,20). The van der Waals surface area contributed by atoms with Gasteiger partial charge in [0.15, 0.2) is 0 Å². The van der Waals surface area contributed by atoms with Crippen LogP contribution < -0.4 is 11.1 Å². The van der Waals surface area contributed by atoms with Crippen LogP contribution in [0.25, 0.3) is 0 Å². The summed E-state index contributed by atoms with van der Waals surface area (Å²) in [5.74, 6) is -1.36. The van der Waals surface area contributed by atoms with E-state index in [1.54, 1.807) is 12.1 Å². The second-order valence-corrected chi connectivity index (χ2v) is 4.63. The van der Waals surface area contributed by atoms with Crippen molar-refractivity contribution >= 4 is 29.2 Å². The number of aliphatic carboxylic acids is 1. The third-order valence-corrected chi connectivity index (χ3v) is 2.90. The van der Waals surface area contributed by atoms with E-state index in [1.807, 2.05) is 0 Å². The summed E-state index contributed by atoms with van der Waals surface area (Å²) in [6, 6.07) is 4.56. The quantitative estimate of drug-likeness (QED) is 0.692. The topological polar surface area (TPSA) is 123 Å². The zero-order chi connectivity index (χ0) is 15.4. The molecule has 1 aromatic heterocycles. The number of rotatable bonds is 5. The minimum Gasteiger partial charge on any atom is -0.480 e. The molecular weight excluding hydrogens is 298 g/mol. The number of nitrogens with zero attached hydrogens (tertiary/aromatic N) is 3. The molecule has 4 N–H and O–H groups in total. The molecule has 0 radical (unpaired) electrons. The molecule has 1 amide bonds. The van der Waals surface area contributed by atoms with Crippen LogP contribution in [0, 0.1) is 0 Å². The zero-order valence-electron chi connectivity index (χ0n) is 10.8. The van der Waals surface area contributed by atoms with Gasteiger partial charge in [-0.25, -0.2) is 4.68 Å². The highest BCUT2D eigenvalue weighted by Crippen LogP contribution is 2.19. The van der Waals surface area contributed by atoms with Gasteiger partial charge < -0.3 is 16.2 Å². The molecule has 0 bridgehead atoms. The minimum atomic E-state index is -1.02. The van der Waals surface area contributed by atoms with Crippen molar-refractivity contribution in [1.82, 2.24) is 20.3 Å². The number of anilines is 1. The lowest BCUT2D eigenvalue weighted by molar-refractivity contribution is -0.137. The Morgan fingerprint density at radius 2 is 2.19 bits per heavy atom. The molecule has 2 rings (SSSR count). The Hall–Kier alpha value is -2.61. The molecule has 0 unspecified atom stereocenters. The molecule has 0 saturated carbocycles. The first-order chi connectivity index (χ1) is 9.95. The zero-order valence-corrected chi connectivity index (χ0v) is 11.5. The van der Waals surface area contributed by atoms with Crippen molar-refractivity contribution in [3.63, 3.8) is 0 Å². The molecule has 21 heavy (non-hydrogen) atoms. The number of amides is 1. The van der Waals surface area contributed by atoms with Crippen LogP contribution in [0.2, 0.25) is 5.02 Å². The first-order valence-corrected chi connectivity index (χ1v) is 6.27. The van der Waals surface area contributed by atoms with Crippen LogP contribution in [0.1, 0.15) is 16.1 Å². The fourth-order valence-electron chi connectivity index (χ4n) is 1.58. The van der Waals surface area contributed by atoms with Gasteiger partial charge in [0.25, 0.3) is 5.91 Å². The summed E-state index contributed by atoms with van der Waals surface area (Å²) < 4.78 is 1.17. The molecule has 0 spiro atoms. The second-order valence-electron chi connectivity index (χ2n) is 4.22. The number of hydrogen-bond acceptors (Lipinski definition) is 5. The normalized spacial score (nSPS) is 10.3. The Bertz CT molecular complexity index is 685. The number of nitrogen functional groups attached to an aromatic ring is 1. The van der Waals surface area contributed by atoms with Crippen molar-refractivity contribution in [2.24, 2.45) is 0 Å². The largest absolute Gasteiger partial charge is 0.480 e. The van der Waals surface area contributed by atoms with E-state index in [2.05, 4.69) is 15.6 Å². The molecule has 0 aliphatic rings. The fourth-order valence-corrected chi connectivity index (χ4v) is 1.76. The molecule has 1 aromatic carbocycles. The number of hydrogen-bond donors (Lipinski definition) is 3.